The molecule has 2 aromatic rings. The Morgan fingerprint density at radius 3 is 2.83 bits per heavy atom. The number of carbonyl (C=O) groups is 1. The number of sulfonamides is 1. The van der Waals surface area contributed by atoms with Crippen molar-refractivity contribution in [1.29, 1.82) is 0 Å². The molecule has 0 radical (unpaired) electrons. The minimum Gasteiger partial charge on any atom is -0.476 e. The van der Waals surface area contributed by atoms with Gasteiger partial charge in [0, 0.05) is 23.1 Å². The summed E-state index contributed by atoms with van der Waals surface area (Å²) in [5.41, 5.74) is 2.82. The smallest absolute Gasteiger partial charge is 0.263 e. The molecule has 1 atom stereocenters. The van der Waals surface area contributed by atoms with E-state index >= 15 is 0 Å². The average Bonchev–Trinajstić information content (AvgIpc) is 2.66. The fraction of sp³-hybridized carbons (Fsp3) is 0.350. The van der Waals surface area contributed by atoms with Gasteiger partial charge in [0.2, 0.25) is 10.0 Å². The molecule has 156 valence electrons. The Hall–Kier alpha value is -1.90. The third-order valence-electron chi connectivity index (χ3n) is 4.38. The maximum absolute atomic E-state index is 12.5. The summed E-state index contributed by atoms with van der Waals surface area (Å²) in [6, 6.07) is 13.0. The van der Waals surface area contributed by atoms with Crippen LogP contribution in [-0.4, -0.2) is 45.5 Å². The summed E-state index contributed by atoms with van der Waals surface area (Å²) in [6.07, 6.45) is 0.181. The van der Waals surface area contributed by atoms with Crippen LogP contribution in [-0.2, 0) is 20.6 Å². The van der Waals surface area contributed by atoms with Crippen molar-refractivity contribution >= 4 is 45.0 Å². The van der Waals surface area contributed by atoms with Gasteiger partial charge in [-0.2, -0.15) is 11.8 Å². The van der Waals surface area contributed by atoms with Crippen LogP contribution < -0.4 is 14.4 Å². The summed E-state index contributed by atoms with van der Waals surface area (Å²) in [6.45, 7) is 2.44. The first kappa shape index (κ1) is 21.8. The first-order valence-corrected chi connectivity index (χ1v) is 12.5. The second kappa shape index (κ2) is 9.28. The molecule has 0 aromatic heterocycles. The monoisotopic (exact) mass is 454 g/mol. The molecule has 0 saturated carbocycles. The summed E-state index contributed by atoms with van der Waals surface area (Å²) in [5.74, 6) is 1.59. The van der Waals surface area contributed by atoms with Gasteiger partial charge < -0.3 is 10.1 Å². The van der Waals surface area contributed by atoms with Gasteiger partial charge in [0.1, 0.15) is 5.75 Å². The van der Waals surface area contributed by atoms with Crippen molar-refractivity contribution in [3.05, 3.63) is 58.6 Å². The summed E-state index contributed by atoms with van der Waals surface area (Å²) in [4.78, 5) is 12.5. The highest BCUT2D eigenvalue weighted by Crippen LogP contribution is 2.37. The number of hydrogen-bond donors (Lipinski definition) is 1. The van der Waals surface area contributed by atoms with Gasteiger partial charge in [0.25, 0.3) is 5.91 Å². The lowest BCUT2D eigenvalue weighted by Crippen LogP contribution is -2.50. The maximum Gasteiger partial charge on any atom is 0.263 e. The Morgan fingerprint density at radius 1 is 1.31 bits per heavy atom. The first-order valence-electron chi connectivity index (χ1n) is 9.09. The average molecular weight is 455 g/mol. The predicted molar refractivity (Wildman–Crippen MR) is 118 cm³/mol. The van der Waals surface area contributed by atoms with E-state index in [-0.39, 0.29) is 12.5 Å². The molecular weight excluding hydrogens is 432 g/mol. The molecule has 0 spiro atoms. The minimum absolute atomic E-state index is 0.0888. The van der Waals surface area contributed by atoms with Crippen LogP contribution in [0.4, 0.5) is 5.69 Å². The number of nitrogens with one attached hydrogen (secondary N) is 1. The molecule has 0 fully saturated rings. The predicted octanol–water partition coefficient (Wildman–Crippen LogP) is 3.23. The van der Waals surface area contributed by atoms with Gasteiger partial charge in [-0.25, -0.2) is 8.42 Å². The number of hydrogen-bond acceptors (Lipinski definition) is 5. The Kier molecular flexibility index (Phi) is 6.97. The topological polar surface area (TPSA) is 75.7 Å². The van der Waals surface area contributed by atoms with Crippen LogP contribution in [0.3, 0.4) is 0 Å². The fourth-order valence-corrected chi connectivity index (χ4v) is 4.91. The normalized spacial score (nSPS) is 16.1. The Bertz CT molecular complexity index is 998. The SMILES string of the molecule is Cc1cccc(CSCCNC(=O)C2CN(S(C)(=O)=O)c3cc(Cl)ccc3O2)c1. The van der Waals surface area contributed by atoms with E-state index in [2.05, 4.69) is 30.4 Å². The van der Waals surface area contributed by atoms with Gasteiger partial charge in [-0.3, -0.25) is 9.10 Å². The van der Waals surface area contributed by atoms with Crippen molar-refractivity contribution in [1.82, 2.24) is 5.32 Å². The number of carbonyl (C=O) groups excluding carboxylic acids is 1. The lowest BCUT2D eigenvalue weighted by atomic mass is 10.2. The van der Waals surface area contributed by atoms with Gasteiger partial charge in [-0.15, -0.1) is 0 Å². The number of ether oxygens (including phenoxy) is 1. The molecule has 3 rings (SSSR count). The number of thioether (sulfide) groups is 1. The van der Waals surface area contributed by atoms with E-state index in [1.165, 1.54) is 17.2 Å². The first-order chi connectivity index (χ1) is 13.7. The second-order valence-electron chi connectivity index (χ2n) is 6.85. The lowest BCUT2D eigenvalue weighted by molar-refractivity contribution is -0.127. The van der Waals surface area contributed by atoms with Crippen molar-refractivity contribution < 1.29 is 17.9 Å². The van der Waals surface area contributed by atoms with Crippen molar-refractivity contribution in [2.75, 3.05) is 29.4 Å². The minimum atomic E-state index is -3.58. The molecule has 29 heavy (non-hydrogen) atoms. The van der Waals surface area contributed by atoms with Crippen LogP contribution in [0.25, 0.3) is 0 Å². The summed E-state index contributed by atoms with van der Waals surface area (Å²) < 4.78 is 31.2. The van der Waals surface area contributed by atoms with Gasteiger partial charge in [-0.1, -0.05) is 41.4 Å². The molecule has 2 aromatic carbocycles. The fourth-order valence-electron chi connectivity index (χ4n) is 3.03. The van der Waals surface area contributed by atoms with Crippen LogP contribution in [0.2, 0.25) is 5.02 Å². The standard InChI is InChI=1S/C20H23ClN2O4S2/c1-14-4-3-5-15(10-14)13-28-9-8-22-20(24)19-12-23(29(2,25)26)17-11-16(21)6-7-18(17)27-19/h3-7,10-11,19H,8-9,12-13H2,1-2H3,(H,22,24). The van der Waals surface area contributed by atoms with E-state index < -0.39 is 16.1 Å². The summed E-state index contributed by atoms with van der Waals surface area (Å²) in [5, 5.41) is 3.23. The largest absolute Gasteiger partial charge is 0.476 e. The zero-order valence-electron chi connectivity index (χ0n) is 16.2. The Morgan fingerprint density at radius 2 is 2.10 bits per heavy atom. The summed E-state index contributed by atoms with van der Waals surface area (Å²) >= 11 is 7.71. The third-order valence-corrected chi connectivity index (χ3v) is 6.79. The number of anilines is 1. The van der Waals surface area contributed by atoms with E-state index in [1.807, 2.05) is 6.07 Å². The van der Waals surface area contributed by atoms with E-state index in [0.29, 0.717) is 23.0 Å². The zero-order valence-corrected chi connectivity index (χ0v) is 18.6. The van der Waals surface area contributed by atoms with Crippen LogP contribution in [0.15, 0.2) is 42.5 Å². The number of halogens is 1. The van der Waals surface area contributed by atoms with Crippen LogP contribution >= 0.6 is 23.4 Å². The second-order valence-corrected chi connectivity index (χ2v) is 10.3. The van der Waals surface area contributed by atoms with E-state index in [9.17, 15) is 13.2 Å². The summed E-state index contributed by atoms with van der Waals surface area (Å²) in [7, 11) is -3.58. The van der Waals surface area contributed by atoms with Crippen LogP contribution in [0.1, 0.15) is 11.1 Å². The number of amides is 1. The Labute approximate surface area is 180 Å². The molecular formula is C20H23ClN2O4S2. The van der Waals surface area contributed by atoms with Gasteiger partial charge in [-0.05, 0) is 30.7 Å². The molecule has 1 unspecified atom stereocenters. The van der Waals surface area contributed by atoms with Gasteiger partial charge in [0.05, 0.1) is 18.5 Å². The molecule has 0 aliphatic carbocycles. The number of benzene rings is 2. The maximum atomic E-state index is 12.5. The van der Waals surface area contributed by atoms with E-state index in [0.717, 1.165) is 22.1 Å². The highest BCUT2D eigenvalue weighted by molar-refractivity contribution is 7.98. The highest BCUT2D eigenvalue weighted by atomic mass is 35.5. The molecule has 1 amide bonds. The molecule has 1 aliphatic heterocycles. The number of nitrogens with zero attached hydrogens (tertiary/aromatic N) is 1. The molecule has 1 heterocycles. The Balaban J connectivity index is 1.55. The van der Waals surface area contributed by atoms with E-state index in [4.69, 9.17) is 16.3 Å². The van der Waals surface area contributed by atoms with E-state index in [1.54, 1.807) is 23.9 Å². The van der Waals surface area contributed by atoms with Crippen molar-refractivity contribution in [2.24, 2.45) is 0 Å². The molecule has 6 nitrogen and oxygen atoms in total. The molecule has 9 heteroatoms. The van der Waals surface area contributed by atoms with Crippen molar-refractivity contribution in [2.45, 2.75) is 18.8 Å². The number of fused-ring (bicyclic) bond motifs is 1. The van der Waals surface area contributed by atoms with Crippen molar-refractivity contribution in [3.63, 3.8) is 0 Å². The quantitative estimate of drug-likeness (QED) is 0.650. The number of aryl methyl sites for hydroxylation is 1. The van der Waals surface area contributed by atoms with Gasteiger partial charge in [0.15, 0.2) is 6.10 Å². The molecule has 1 aliphatic rings. The third kappa shape index (κ3) is 5.81. The van der Waals surface area contributed by atoms with Crippen molar-refractivity contribution in [3.8, 4) is 5.75 Å². The molecule has 1 N–H and O–H groups in total. The molecule has 0 bridgehead atoms. The molecule has 0 saturated heterocycles. The highest BCUT2D eigenvalue weighted by Gasteiger charge is 2.35. The zero-order chi connectivity index (χ0) is 21.0. The van der Waals surface area contributed by atoms with Gasteiger partial charge >= 0.3 is 0 Å². The number of rotatable bonds is 7. The lowest BCUT2D eigenvalue weighted by Gasteiger charge is -2.34. The van der Waals surface area contributed by atoms with Crippen LogP contribution in [0, 0.1) is 6.92 Å². The van der Waals surface area contributed by atoms with Crippen LogP contribution in [0.5, 0.6) is 5.75 Å².